The van der Waals surface area contributed by atoms with Gasteiger partial charge < -0.3 is 14.6 Å². The number of aliphatic hydroxyl groups is 2. The fourth-order valence-electron chi connectivity index (χ4n) is 1.31. The van der Waals surface area contributed by atoms with E-state index in [1.165, 1.54) is 18.2 Å². The molecule has 6 nitrogen and oxygen atoms in total. The summed E-state index contributed by atoms with van der Waals surface area (Å²) in [5.74, 6) is -0.707. The molecule has 0 unspecified atom stereocenters. The molecule has 0 spiro atoms. The lowest BCUT2D eigenvalue weighted by Crippen LogP contribution is -2.37. The zero-order chi connectivity index (χ0) is 11.1. The van der Waals surface area contributed by atoms with Crippen LogP contribution in [-0.2, 0) is 11.2 Å². The van der Waals surface area contributed by atoms with Gasteiger partial charge in [-0.2, -0.15) is 0 Å². The molecule has 1 heterocycles. The van der Waals surface area contributed by atoms with E-state index in [9.17, 15) is 4.79 Å². The highest BCUT2D eigenvalue weighted by molar-refractivity contribution is 5.70. The molecule has 0 radical (unpaired) electrons. The number of carboxylic acids is 1. The number of aliphatic carboxylic acids is 1. The summed E-state index contributed by atoms with van der Waals surface area (Å²) in [6, 6.07) is 4.32. The molecule has 1 aromatic rings. The van der Waals surface area contributed by atoms with Gasteiger partial charge in [0, 0.05) is 0 Å². The van der Waals surface area contributed by atoms with Crippen LogP contribution < -0.4 is 9.47 Å². The van der Waals surface area contributed by atoms with Gasteiger partial charge in [0.1, 0.15) is 0 Å². The average Bonchev–Trinajstić information content (AvgIpc) is 2.36. The molecule has 0 saturated heterocycles. The largest absolute Gasteiger partial charge is 0.505 e. The van der Waals surface area contributed by atoms with E-state index in [1.807, 2.05) is 0 Å². The molecule has 1 aliphatic heterocycles. The minimum Gasteiger partial charge on any atom is -0.481 e. The van der Waals surface area contributed by atoms with Gasteiger partial charge in [0.15, 0.2) is 11.5 Å². The molecule has 15 heavy (non-hydrogen) atoms. The molecule has 1 aliphatic rings. The second-order valence-corrected chi connectivity index (χ2v) is 3.10. The molecule has 80 valence electrons. The van der Waals surface area contributed by atoms with Gasteiger partial charge in [-0.3, -0.25) is 15.0 Å². The highest BCUT2D eigenvalue weighted by Gasteiger charge is 2.38. The lowest BCUT2D eigenvalue weighted by Gasteiger charge is -2.10. The highest BCUT2D eigenvalue weighted by atomic mass is 17.0. The van der Waals surface area contributed by atoms with E-state index < -0.39 is 12.1 Å². The average molecular weight is 212 g/mol. The Bertz CT molecular complexity index is 411. The van der Waals surface area contributed by atoms with Gasteiger partial charge in [0.2, 0.25) is 0 Å². The molecule has 2 rings (SSSR count). The molecule has 1 aromatic carbocycles. The summed E-state index contributed by atoms with van der Waals surface area (Å²) in [6.45, 7) is 0. The highest BCUT2D eigenvalue weighted by Crippen LogP contribution is 2.37. The van der Waals surface area contributed by atoms with E-state index in [-0.39, 0.29) is 17.9 Å². The standard InChI is InChI=1S/C9H8O6/c10-8(11)4-5-1-2-6-7(3-5)15-9(12,13)14-6/h1-3,12-13H,4H2,(H,10,11). The first kappa shape index (κ1) is 9.75. The summed E-state index contributed by atoms with van der Waals surface area (Å²) in [7, 11) is 0. The summed E-state index contributed by atoms with van der Waals surface area (Å²) in [6.07, 6.45) is -2.83. The third kappa shape index (κ3) is 2.00. The van der Waals surface area contributed by atoms with Crippen molar-refractivity contribution in [3.05, 3.63) is 23.8 Å². The zero-order valence-electron chi connectivity index (χ0n) is 7.51. The number of hydrogen-bond donors (Lipinski definition) is 3. The van der Waals surface area contributed by atoms with Crippen LogP contribution in [0.1, 0.15) is 5.56 Å². The Labute approximate surface area is 84.3 Å². The number of carbonyl (C=O) groups is 1. The molecule has 6 heteroatoms. The molecule has 0 aliphatic carbocycles. The summed E-state index contributed by atoms with van der Waals surface area (Å²) in [5, 5.41) is 26.5. The number of benzene rings is 1. The predicted molar refractivity (Wildman–Crippen MR) is 46.2 cm³/mol. The lowest BCUT2D eigenvalue weighted by atomic mass is 10.1. The van der Waals surface area contributed by atoms with Crippen molar-refractivity contribution < 1.29 is 29.6 Å². The molecule has 0 atom stereocenters. The summed E-state index contributed by atoms with van der Waals surface area (Å²) in [5.41, 5.74) is 0.488. The Morgan fingerprint density at radius 2 is 1.93 bits per heavy atom. The minimum absolute atomic E-state index is 0.110. The number of ether oxygens (including phenoxy) is 2. The maximum atomic E-state index is 10.4. The third-order valence-corrected chi connectivity index (χ3v) is 1.85. The van der Waals surface area contributed by atoms with Gasteiger partial charge in [-0.05, 0) is 17.7 Å². The van der Waals surface area contributed by atoms with Gasteiger partial charge in [0.05, 0.1) is 6.42 Å². The molecule has 0 saturated carbocycles. The van der Waals surface area contributed by atoms with Crippen molar-refractivity contribution in [2.75, 3.05) is 0 Å². The number of fused-ring (bicyclic) bond motifs is 1. The Balaban J connectivity index is 2.26. The Morgan fingerprint density at radius 1 is 1.27 bits per heavy atom. The van der Waals surface area contributed by atoms with E-state index in [0.717, 1.165) is 0 Å². The molecular weight excluding hydrogens is 204 g/mol. The fraction of sp³-hybridized carbons (Fsp3) is 0.222. The number of hydrogen-bond acceptors (Lipinski definition) is 5. The first-order chi connectivity index (χ1) is 6.96. The van der Waals surface area contributed by atoms with Gasteiger partial charge in [0.25, 0.3) is 0 Å². The number of carboxylic acid groups (broad SMARTS) is 1. The van der Waals surface area contributed by atoms with E-state index in [0.29, 0.717) is 5.56 Å². The first-order valence-electron chi connectivity index (χ1n) is 4.14. The van der Waals surface area contributed by atoms with Crippen LogP contribution in [0, 0.1) is 0 Å². The Hall–Kier alpha value is -1.79. The Morgan fingerprint density at radius 3 is 2.60 bits per heavy atom. The van der Waals surface area contributed by atoms with Crippen molar-refractivity contribution in [3.63, 3.8) is 0 Å². The van der Waals surface area contributed by atoms with Crippen molar-refractivity contribution in [2.24, 2.45) is 0 Å². The van der Waals surface area contributed by atoms with Crippen LogP contribution in [0.3, 0.4) is 0 Å². The van der Waals surface area contributed by atoms with E-state index in [4.69, 9.17) is 15.3 Å². The van der Waals surface area contributed by atoms with Gasteiger partial charge in [-0.25, -0.2) is 0 Å². The maximum absolute atomic E-state index is 10.4. The summed E-state index contributed by atoms with van der Waals surface area (Å²) in [4.78, 5) is 10.4. The Kier molecular flexibility index (Phi) is 2.02. The fourth-order valence-corrected chi connectivity index (χ4v) is 1.31. The third-order valence-electron chi connectivity index (χ3n) is 1.85. The molecule has 0 aromatic heterocycles. The SMILES string of the molecule is O=C(O)Cc1ccc2c(c1)OC(O)(O)O2. The van der Waals surface area contributed by atoms with Crippen molar-refractivity contribution in [1.82, 2.24) is 0 Å². The maximum Gasteiger partial charge on any atom is 0.505 e. The van der Waals surface area contributed by atoms with Crippen LogP contribution in [0.2, 0.25) is 0 Å². The van der Waals surface area contributed by atoms with Crippen LogP contribution in [0.15, 0.2) is 18.2 Å². The zero-order valence-corrected chi connectivity index (χ0v) is 7.51. The molecule has 0 amide bonds. The van der Waals surface area contributed by atoms with E-state index in [2.05, 4.69) is 9.47 Å². The quantitative estimate of drug-likeness (QED) is 0.581. The number of rotatable bonds is 2. The lowest BCUT2D eigenvalue weighted by molar-refractivity contribution is -0.385. The summed E-state index contributed by atoms with van der Waals surface area (Å²) >= 11 is 0. The smallest absolute Gasteiger partial charge is 0.481 e. The normalized spacial score (nSPS) is 16.4. The first-order valence-corrected chi connectivity index (χ1v) is 4.14. The predicted octanol–water partition coefficient (Wildman–Crippen LogP) is -0.319. The van der Waals surface area contributed by atoms with Crippen molar-refractivity contribution in [3.8, 4) is 11.5 Å². The van der Waals surface area contributed by atoms with Crippen LogP contribution in [0.25, 0.3) is 0 Å². The van der Waals surface area contributed by atoms with Crippen LogP contribution in [-0.4, -0.2) is 27.4 Å². The van der Waals surface area contributed by atoms with Crippen molar-refractivity contribution in [2.45, 2.75) is 12.6 Å². The molecule has 0 bridgehead atoms. The van der Waals surface area contributed by atoms with Gasteiger partial charge in [-0.1, -0.05) is 6.07 Å². The molecule has 3 N–H and O–H groups in total. The molecule has 0 fully saturated rings. The summed E-state index contributed by atoms with van der Waals surface area (Å²) < 4.78 is 9.21. The van der Waals surface area contributed by atoms with E-state index in [1.54, 1.807) is 0 Å². The van der Waals surface area contributed by atoms with Crippen LogP contribution in [0.5, 0.6) is 11.5 Å². The van der Waals surface area contributed by atoms with E-state index >= 15 is 0 Å². The molecular formula is C9H8O6. The van der Waals surface area contributed by atoms with Crippen LogP contribution >= 0.6 is 0 Å². The second kappa shape index (κ2) is 3.11. The van der Waals surface area contributed by atoms with Crippen molar-refractivity contribution in [1.29, 1.82) is 0 Å². The van der Waals surface area contributed by atoms with Crippen LogP contribution in [0.4, 0.5) is 0 Å². The topological polar surface area (TPSA) is 96.2 Å². The minimum atomic E-state index is -2.66. The second-order valence-electron chi connectivity index (χ2n) is 3.10. The van der Waals surface area contributed by atoms with Gasteiger partial charge >= 0.3 is 12.1 Å². The monoisotopic (exact) mass is 212 g/mol. The van der Waals surface area contributed by atoms with Crippen molar-refractivity contribution >= 4 is 5.97 Å². The van der Waals surface area contributed by atoms with Gasteiger partial charge in [-0.15, -0.1) is 0 Å².